The maximum atomic E-state index is 11.9. The summed E-state index contributed by atoms with van der Waals surface area (Å²) in [7, 11) is 0. The van der Waals surface area contributed by atoms with Gasteiger partial charge in [0.05, 0.1) is 18.2 Å². The SMILES string of the molecule is CCNC(=O)c1ccc(N2Cc3nnc(C4CCOCC4)n3[C@@H](C)C2)nc1. The minimum Gasteiger partial charge on any atom is -0.381 e. The van der Waals surface area contributed by atoms with Gasteiger partial charge in [0.1, 0.15) is 11.6 Å². The van der Waals surface area contributed by atoms with Gasteiger partial charge in [-0.05, 0) is 38.8 Å². The molecular weight excluding hydrogens is 344 g/mol. The number of nitrogens with zero attached hydrogens (tertiary/aromatic N) is 5. The summed E-state index contributed by atoms with van der Waals surface area (Å²) < 4.78 is 7.78. The molecule has 0 unspecified atom stereocenters. The molecule has 8 heteroatoms. The molecule has 1 saturated heterocycles. The lowest BCUT2D eigenvalue weighted by Crippen LogP contribution is -2.38. The van der Waals surface area contributed by atoms with Gasteiger partial charge in [-0.3, -0.25) is 4.79 Å². The number of ether oxygens (including phenoxy) is 1. The number of rotatable bonds is 4. The zero-order valence-corrected chi connectivity index (χ0v) is 15.9. The van der Waals surface area contributed by atoms with E-state index in [1.165, 1.54) is 0 Å². The van der Waals surface area contributed by atoms with E-state index in [0.29, 0.717) is 24.6 Å². The van der Waals surface area contributed by atoms with Crippen molar-refractivity contribution in [3.05, 3.63) is 35.5 Å². The average Bonchev–Trinajstić information content (AvgIpc) is 3.14. The summed E-state index contributed by atoms with van der Waals surface area (Å²) in [5.74, 6) is 3.27. The first kappa shape index (κ1) is 17.9. The van der Waals surface area contributed by atoms with Crippen molar-refractivity contribution in [1.82, 2.24) is 25.1 Å². The Labute approximate surface area is 158 Å². The van der Waals surface area contributed by atoms with Gasteiger partial charge in [-0.2, -0.15) is 0 Å². The molecule has 1 atom stereocenters. The van der Waals surface area contributed by atoms with E-state index in [1.807, 2.05) is 19.1 Å². The van der Waals surface area contributed by atoms with E-state index in [4.69, 9.17) is 4.74 Å². The number of fused-ring (bicyclic) bond motifs is 1. The molecular formula is C19H26N6O2. The molecule has 27 heavy (non-hydrogen) atoms. The highest BCUT2D eigenvalue weighted by molar-refractivity contribution is 5.94. The quantitative estimate of drug-likeness (QED) is 0.885. The molecule has 0 bridgehead atoms. The molecule has 4 rings (SSSR count). The molecule has 2 aliphatic heterocycles. The van der Waals surface area contributed by atoms with Crippen LogP contribution in [0.3, 0.4) is 0 Å². The summed E-state index contributed by atoms with van der Waals surface area (Å²) >= 11 is 0. The third kappa shape index (κ3) is 3.53. The summed E-state index contributed by atoms with van der Waals surface area (Å²) in [6.07, 6.45) is 3.66. The van der Waals surface area contributed by atoms with Crippen LogP contribution < -0.4 is 10.2 Å². The predicted octanol–water partition coefficient (Wildman–Crippen LogP) is 1.90. The minimum atomic E-state index is -0.0931. The van der Waals surface area contributed by atoms with E-state index >= 15 is 0 Å². The summed E-state index contributed by atoms with van der Waals surface area (Å²) in [4.78, 5) is 18.6. The molecule has 1 amide bonds. The van der Waals surface area contributed by atoms with Crippen LogP contribution in [0.2, 0.25) is 0 Å². The third-order valence-corrected chi connectivity index (χ3v) is 5.31. The third-order valence-electron chi connectivity index (χ3n) is 5.31. The average molecular weight is 370 g/mol. The fourth-order valence-electron chi connectivity index (χ4n) is 3.94. The molecule has 0 aliphatic carbocycles. The van der Waals surface area contributed by atoms with Gasteiger partial charge in [-0.15, -0.1) is 10.2 Å². The van der Waals surface area contributed by atoms with Gasteiger partial charge in [0.15, 0.2) is 5.82 Å². The molecule has 2 aromatic rings. The van der Waals surface area contributed by atoms with Gasteiger partial charge >= 0.3 is 0 Å². The zero-order valence-electron chi connectivity index (χ0n) is 15.9. The van der Waals surface area contributed by atoms with Crippen molar-refractivity contribution in [3.63, 3.8) is 0 Å². The highest BCUT2D eigenvalue weighted by Crippen LogP contribution is 2.31. The lowest BCUT2D eigenvalue weighted by molar-refractivity contribution is 0.0823. The number of carbonyl (C=O) groups is 1. The second-order valence-electron chi connectivity index (χ2n) is 7.23. The van der Waals surface area contributed by atoms with Crippen LogP contribution in [0.5, 0.6) is 0 Å². The van der Waals surface area contributed by atoms with E-state index in [1.54, 1.807) is 6.20 Å². The molecule has 144 valence electrons. The lowest BCUT2D eigenvalue weighted by Gasteiger charge is -2.34. The lowest BCUT2D eigenvalue weighted by atomic mass is 9.99. The van der Waals surface area contributed by atoms with Crippen LogP contribution in [0, 0.1) is 0 Å². The molecule has 0 radical (unpaired) electrons. The number of anilines is 1. The van der Waals surface area contributed by atoms with Crippen LogP contribution in [0.1, 0.15) is 60.7 Å². The summed E-state index contributed by atoms with van der Waals surface area (Å²) in [6, 6.07) is 4.00. The number of nitrogens with one attached hydrogen (secondary N) is 1. The van der Waals surface area contributed by atoms with Gasteiger partial charge in [0.2, 0.25) is 0 Å². The van der Waals surface area contributed by atoms with Crippen molar-refractivity contribution in [2.75, 3.05) is 31.2 Å². The Balaban J connectivity index is 1.52. The largest absolute Gasteiger partial charge is 0.381 e. The fourth-order valence-corrected chi connectivity index (χ4v) is 3.94. The van der Waals surface area contributed by atoms with Crippen LogP contribution in [0.4, 0.5) is 5.82 Å². The standard InChI is InChI=1S/C19H26N6O2/c1-3-20-19(26)15-4-5-16(21-10-15)24-11-13(2)25-17(12-24)22-23-18(25)14-6-8-27-9-7-14/h4-5,10,13-14H,3,6-9,11-12H2,1-2H3,(H,20,26)/t13-/m0/s1. The summed E-state index contributed by atoms with van der Waals surface area (Å²) in [6.45, 7) is 7.83. The van der Waals surface area contributed by atoms with Gasteiger partial charge in [-0.25, -0.2) is 4.98 Å². The number of hydrogen-bond donors (Lipinski definition) is 1. The van der Waals surface area contributed by atoms with E-state index in [0.717, 1.165) is 50.1 Å². The molecule has 2 aromatic heterocycles. The van der Waals surface area contributed by atoms with Crippen molar-refractivity contribution in [3.8, 4) is 0 Å². The maximum absolute atomic E-state index is 11.9. The van der Waals surface area contributed by atoms with Crippen molar-refractivity contribution in [1.29, 1.82) is 0 Å². The van der Waals surface area contributed by atoms with E-state index in [9.17, 15) is 4.79 Å². The van der Waals surface area contributed by atoms with Crippen molar-refractivity contribution in [2.45, 2.75) is 45.2 Å². The number of pyridine rings is 1. The Morgan fingerprint density at radius 1 is 1.30 bits per heavy atom. The van der Waals surface area contributed by atoms with Gasteiger partial charge in [-0.1, -0.05) is 0 Å². The van der Waals surface area contributed by atoms with Crippen LogP contribution in [0.15, 0.2) is 18.3 Å². The molecule has 0 spiro atoms. The van der Waals surface area contributed by atoms with Crippen molar-refractivity contribution in [2.24, 2.45) is 0 Å². The predicted molar refractivity (Wildman–Crippen MR) is 101 cm³/mol. The van der Waals surface area contributed by atoms with Crippen LogP contribution >= 0.6 is 0 Å². The highest BCUT2D eigenvalue weighted by Gasteiger charge is 2.31. The van der Waals surface area contributed by atoms with E-state index < -0.39 is 0 Å². The Kier molecular flexibility index (Phi) is 5.07. The van der Waals surface area contributed by atoms with E-state index in [2.05, 4.69) is 36.9 Å². The molecule has 1 fully saturated rings. The second-order valence-corrected chi connectivity index (χ2v) is 7.23. The van der Waals surface area contributed by atoms with Gasteiger partial charge in [0, 0.05) is 38.4 Å². The number of hydrogen-bond acceptors (Lipinski definition) is 6. The minimum absolute atomic E-state index is 0.0931. The number of carbonyl (C=O) groups excluding carboxylic acids is 1. The first-order valence-electron chi connectivity index (χ1n) is 9.68. The second kappa shape index (κ2) is 7.64. The Morgan fingerprint density at radius 2 is 2.11 bits per heavy atom. The smallest absolute Gasteiger partial charge is 0.252 e. The molecule has 0 saturated carbocycles. The number of amides is 1. The highest BCUT2D eigenvalue weighted by atomic mass is 16.5. The molecule has 4 heterocycles. The Morgan fingerprint density at radius 3 is 2.81 bits per heavy atom. The monoisotopic (exact) mass is 370 g/mol. The molecule has 1 N–H and O–H groups in total. The molecule has 0 aromatic carbocycles. The first-order chi connectivity index (χ1) is 13.2. The summed E-state index contributed by atoms with van der Waals surface area (Å²) in [5.41, 5.74) is 0.579. The van der Waals surface area contributed by atoms with Crippen LogP contribution in [-0.2, 0) is 11.3 Å². The van der Waals surface area contributed by atoms with E-state index in [-0.39, 0.29) is 11.9 Å². The van der Waals surface area contributed by atoms with Crippen molar-refractivity contribution < 1.29 is 9.53 Å². The Bertz CT molecular complexity index is 797. The van der Waals surface area contributed by atoms with Gasteiger partial charge in [0.25, 0.3) is 5.91 Å². The maximum Gasteiger partial charge on any atom is 0.252 e. The normalized spacial score (nSPS) is 20.4. The summed E-state index contributed by atoms with van der Waals surface area (Å²) in [5, 5.41) is 11.8. The molecule has 2 aliphatic rings. The first-order valence-corrected chi connectivity index (χ1v) is 9.68. The van der Waals surface area contributed by atoms with Crippen molar-refractivity contribution >= 4 is 11.7 Å². The van der Waals surface area contributed by atoms with Crippen LogP contribution in [-0.4, -0.2) is 52.0 Å². The molecule has 8 nitrogen and oxygen atoms in total. The fraction of sp³-hybridized carbons (Fsp3) is 0.579. The van der Waals surface area contributed by atoms with Gasteiger partial charge < -0.3 is 19.5 Å². The van der Waals surface area contributed by atoms with Crippen LogP contribution in [0.25, 0.3) is 0 Å². The topological polar surface area (TPSA) is 85.2 Å². The zero-order chi connectivity index (χ0) is 18.8. The number of aromatic nitrogens is 4. The Hall–Kier alpha value is -2.48.